The molecule has 0 saturated carbocycles. The third-order valence-electron chi connectivity index (χ3n) is 4.83. The van der Waals surface area contributed by atoms with Crippen LogP contribution in [0.15, 0.2) is 29.6 Å². The Morgan fingerprint density at radius 2 is 1.96 bits per heavy atom. The van der Waals surface area contributed by atoms with Gasteiger partial charge in [0.1, 0.15) is 0 Å². The molecule has 0 unspecified atom stereocenters. The van der Waals surface area contributed by atoms with Gasteiger partial charge >= 0.3 is 0 Å². The van der Waals surface area contributed by atoms with Crippen LogP contribution in [-0.4, -0.2) is 50.4 Å². The highest BCUT2D eigenvalue weighted by molar-refractivity contribution is 7.92. The molecule has 0 radical (unpaired) electrons. The summed E-state index contributed by atoms with van der Waals surface area (Å²) in [5.41, 5.74) is 1.06. The van der Waals surface area contributed by atoms with E-state index < -0.39 is 14.6 Å². The average molecular weight is 367 g/mol. The van der Waals surface area contributed by atoms with Gasteiger partial charge in [-0.15, -0.1) is 11.3 Å². The van der Waals surface area contributed by atoms with Gasteiger partial charge in [-0.3, -0.25) is 4.79 Å². The molecule has 1 aliphatic heterocycles. The second kappa shape index (κ2) is 6.46. The van der Waals surface area contributed by atoms with Gasteiger partial charge in [0.2, 0.25) is 5.91 Å². The van der Waals surface area contributed by atoms with E-state index in [9.17, 15) is 13.2 Å². The van der Waals surface area contributed by atoms with Crippen LogP contribution in [0.5, 0.6) is 0 Å². The molecule has 0 bridgehead atoms. The Labute approximate surface area is 146 Å². The van der Waals surface area contributed by atoms with E-state index in [4.69, 9.17) is 0 Å². The molecule has 130 valence electrons. The number of rotatable bonds is 4. The minimum Gasteiger partial charge on any atom is -0.340 e. The maximum Gasteiger partial charge on any atom is 0.244 e. The zero-order valence-electron chi connectivity index (χ0n) is 13.9. The highest BCUT2D eigenvalue weighted by Crippen LogP contribution is 2.32. The van der Waals surface area contributed by atoms with Gasteiger partial charge in [0.05, 0.1) is 0 Å². The molecule has 2 heterocycles. The third-order valence-corrected chi connectivity index (χ3v) is 7.84. The monoisotopic (exact) mass is 366 g/mol. The number of hydrogen-bond acceptors (Lipinski definition) is 5. The quantitative estimate of drug-likeness (QED) is 0.899. The van der Waals surface area contributed by atoms with Gasteiger partial charge in [0.15, 0.2) is 14.6 Å². The van der Waals surface area contributed by atoms with Crippen LogP contribution in [0.1, 0.15) is 18.4 Å². The number of carbonyl (C=O) groups is 1. The number of carbonyl (C=O) groups excluding carboxylic acids is 1. The summed E-state index contributed by atoms with van der Waals surface area (Å²) in [4.78, 5) is 14.6. The number of piperidine rings is 1. The molecular formula is C17H22N2O3S2. The number of nitrogens with one attached hydrogen (secondary N) is 1. The minimum atomic E-state index is -3.48. The summed E-state index contributed by atoms with van der Waals surface area (Å²) in [5, 5.41) is 6.31. The minimum absolute atomic E-state index is 0.290. The van der Waals surface area contributed by atoms with Gasteiger partial charge in [0, 0.05) is 24.5 Å². The first-order chi connectivity index (χ1) is 11.3. The van der Waals surface area contributed by atoms with Crippen molar-refractivity contribution >= 4 is 37.2 Å². The predicted molar refractivity (Wildman–Crippen MR) is 98.0 cm³/mol. The van der Waals surface area contributed by atoms with Crippen molar-refractivity contribution in [2.45, 2.75) is 24.1 Å². The summed E-state index contributed by atoms with van der Waals surface area (Å²) in [5.74, 6) is -0.290. The molecule has 1 aliphatic rings. The van der Waals surface area contributed by atoms with Crippen molar-refractivity contribution in [2.24, 2.45) is 0 Å². The van der Waals surface area contributed by atoms with E-state index in [0.29, 0.717) is 32.5 Å². The molecule has 7 heteroatoms. The Balaban J connectivity index is 1.88. The van der Waals surface area contributed by atoms with Crippen molar-refractivity contribution in [3.8, 4) is 0 Å². The molecule has 0 aliphatic carbocycles. The van der Waals surface area contributed by atoms with E-state index in [1.54, 1.807) is 23.3 Å². The lowest BCUT2D eigenvalue weighted by molar-refractivity contribution is -0.134. The summed E-state index contributed by atoms with van der Waals surface area (Å²) >= 11 is 1.64. The first-order valence-electron chi connectivity index (χ1n) is 7.96. The van der Waals surface area contributed by atoms with Gasteiger partial charge in [-0.25, -0.2) is 8.42 Å². The molecular weight excluding hydrogens is 344 g/mol. The molecule has 2 aromatic rings. The van der Waals surface area contributed by atoms with E-state index in [-0.39, 0.29) is 5.91 Å². The van der Waals surface area contributed by atoms with Gasteiger partial charge in [0.25, 0.3) is 0 Å². The number of nitrogens with zero attached hydrogens (tertiary/aromatic N) is 1. The second-order valence-electron chi connectivity index (χ2n) is 6.43. The molecule has 1 fully saturated rings. The number of benzene rings is 1. The molecule has 1 N–H and O–H groups in total. The number of fused-ring (bicyclic) bond motifs is 1. The zero-order valence-corrected chi connectivity index (χ0v) is 15.5. The van der Waals surface area contributed by atoms with E-state index in [1.165, 1.54) is 11.0 Å². The van der Waals surface area contributed by atoms with Crippen molar-refractivity contribution in [2.75, 3.05) is 26.4 Å². The Bertz CT molecular complexity index is 852. The number of sulfone groups is 1. The lowest BCUT2D eigenvalue weighted by Crippen LogP contribution is -2.57. The van der Waals surface area contributed by atoms with Gasteiger partial charge < -0.3 is 10.2 Å². The first kappa shape index (κ1) is 17.4. The maximum absolute atomic E-state index is 13.1. The van der Waals surface area contributed by atoms with Crippen LogP contribution < -0.4 is 5.32 Å². The summed E-state index contributed by atoms with van der Waals surface area (Å²) in [7, 11) is -1.78. The summed E-state index contributed by atoms with van der Waals surface area (Å²) < 4.78 is 24.7. The number of hydrogen-bond donors (Lipinski definition) is 1. The average Bonchev–Trinajstić information content (AvgIpc) is 2.97. The Hall–Kier alpha value is -1.44. The Morgan fingerprint density at radius 1 is 1.29 bits per heavy atom. The van der Waals surface area contributed by atoms with Crippen LogP contribution in [-0.2, 0) is 21.2 Å². The topological polar surface area (TPSA) is 66.5 Å². The molecule has 0 atom stereocenters. The fraction of sp³-hybridized carbons (Fsp3) is 0.471. The third kappa shape index (κ3) is 2.96. The lowest BCUT2D eigenvalue weighted by Gasteiger charge is -2.37. The molecule has 3 rings (SSSR count). The van der Waals surface area contributed by atoms with Crippen LogP contribution in [0.2, 0.25) is 0 Å². The molecule has 1 aromatic heterocycles. The van der Waals surface area contributed by atoms with Crippen molar-refractivity contribution in [3.63, 3.8) is 0 Å². The standard InChI is InChI=1S/C17H22N2O3S2/c1-19(11-13-12-23-15-6-4-3-5-14(13)15)16(20)17(24(2,21)22)7-9-18-10-8-17/h3-6,12,18H,7-11H2,1-2H3. The van der Waals surface area contributed by atoms with Crippen molar-refractivity contribution in [1.82, 2.24) is 10.2 Å². The van der Waals surface area contributed by atoms with Crippen LogP contribution in [0.3, 0.4) is 0 Å². The second-order valence-corrected chi connectivity index (χ2v) is 9.67. The van der Waals surface area contributed by atoms with Crippen molar-refractivity contribution in [1.29, 1.82) is 0 Å². The predicted octanol–water partition coefficient (Wildman–Crippen LogP) is 2.03. The number of thiophene rings is 1. The SMILES string of the molecule is CN(Cc1csc2ccccc12)C(=O)C1(S(C)(=O)=O)CCNCC1. The zero-order chi connectivity index (χ0) is 17.4. The summed E-state index contributed by atoms with van der Waals surface area (Å²) in [6.07, 6.45) is 1.85. The molecule has 0 spiro atoms. The highest BCUT2D eigenvalue weighted by Gasteiger charge is 2.49. The van der Waals surface area contributed by atoms with Gasteiger partial charge in [-0.05, 0) is 48.3 Å². The van der Waals surface area contributed by atoms with Gasteiger partial charge in [-0.1, -0.05) is 18.2 Å². The normalized spacial score (nSPS) is 17.8. The fourth-order valence-corrected chi connectivity index (χ4v) is 5.78. The molecule has 1 saturated heterocycles. The first-order valence-corrected chi connectivity index (χ1v) is 10.7. The van der Waals surface area contributed by atoms with Crippen molar-refractivity contribution < 1.29 is 13.2 Å². The lowest BCUT2D eigenvalue weighted by atomic mass is 9.95. The van der Waals surface area contributed by atoms with E-state index >= 15 is 0 Å². The van der Waals surface area contributed by atoms with Gasteiger partial charge in [-0.2, -0.15) is 0 Å². The fourth-order valence-electron chi connectivity index (χ4n) is 3.40. The highest BCUT2D eigenvalue weighted by atomic mass is 32.2. The largest absolute Gasteiger partial charge is 0.340 e. The molecule has 24 heavy (non-hydrogen) atoms. The molecule has 1 amide bonds. The van der Waals surface area contributed by atoms with Crippen molar-refractivity contribution in [3.05, 3.63) is 35.2 Å². The van der Waals surface area contributed by atoms with E-state index in [1.807, 2.05) is 23.6 Å². The van der Waals surface area contributed by atoms with E-state index in [0.717, 1.165) is 10.9 Å². The Kier molecular flexibility index (Phi) is 4.68. The number of amides is 1. The maximum atomic E-state index is 13.1. The Morgan fingerprint density at radius 3 is 2.62 bits per heavy atom. The van der Waals surface area contributed by atoms with Crippen LogP contribution in [0.25, 0.3) is 10.1 Å². The molecule has 5 nitrogen and oxygen atoms in total. The van der Waals surface area contributed by atoms with Crippen LogP contribution >= 0.6 is 11.3 Å². The molecule has 1 aromatic carbocycles. The van der Waals surface area contributed by atoms with E-state index in [2.05, 4.69) is 11.4 Å². The smallest absolute Gasteiger partial charge is 0.244 e. The van der Waals surface area contributed by atoms with Crippen LogP contribution in [0, 0.1) is 0 Å². The summed E-state index contributed by atoms with van der Waals surface area (Å²) in [6, 6.07) is 8.06. The summed E-state index contributed by atoms with van der Waals surface area (Å²) in [6.45, 7) is 1.52. The van der Waals surface area contributed by atoms with Crippen LogP contribution in [0.4, 0.5) is 0 Å².